The van der Waals surface area contributed by atoms with Gasteiger partial charge in [-0.2, -0.15) is 4.31 Å². The number of aromatic amines is 1. The number of hydrogen-bond acceptors (Lipinski definition) is 5. The van der Waals surface area contributed by atoms with Gasteiger partial charge in [0.15, 0.2) is 11.5 Å². The van der Waals surface area contributed by atoms with Gasteiger partial charge in [0, 0.05) is 25.1 Å². The zero-order valence-electron chi connectivity index (χ0n) is 16.2. The van der Waals surface area contributed by atoms with Gasteiger partial charge in [-0.15, -0.1) is 0 Å². The standard InChI is InChI=1S/C21H23N3O4S/c1-14-2-4-17-18(12-14)23-21(22-17)15-6-8-24(9-7-15)29(25,26)16-3-5-19-20(13-16)28-11-10-27-19/h2-5,12-13,15H,6-11H2,1H3,(H,22,23). The zero-order valence-corrected chi connectivity index (χ0v) is 17.0. The molecule has 152 valence electrons. The number of H-pyrrole nitrogens is 1. The van der Waals surface area contributed by atoms with Crippen molar-refractivity contribution in [1.82, 2.24) is 14.3 Å². The van der Waals surface area contributed by atoms with Crippen molar-refractivity contribution in [2.75, 3.05) is 26.3 Å². The van der Waals surface area contributed by atoms with E-state index in [2.05, 4.69) is 24.0 Å². The molecular weight excluding hydrogens is 390 g/mol. The summed E-state index contributed by atoms with van der Waals surface area (Å²) in [4.78, 5) is 8.38. The van der Waals surface area contributed by atoms with Crippen molar-refractivity contribution >= 4 is 21.1 Å². The van der Waals surface area contributed by atoms with Gasteiger partial charge < -0.3 is 14.5 Å². The molecule has 0 amide bonds. The van der Waals surface area contributed by atoms with Crippen LogP contribution in [0.15, 0.2) is 41.3 Å². The summed E-state index contributed by atoms with van der Waals surface area (Å²) in [6, 6.07) is 11.0. The average molecular weight is 413 g/mol. The molecule has 5 rings (SSSR count). The maximum absolute atomic E-state index is 13.1. The molecule has 0 bridgehead atoms. The Labute approximate surface area is 169 Å². The first-order valence-electron chi connectivity index (χ1n) is 9.87. The van der Waals surface area contributed by atoms with Crippen LogP contribution in [0.4, 0.5) is 0 Å². The van der Waals surface area contributed by atoms with Crippen LogP contribution in [0.5, 0.6) is 11.5 Å². The van der Waals surface area contributed by atoms with E-state index in [1.165, 1.54) is 5.56 Å². The number of rotatable bonds is 3. The first-order valence-corrected chi connectivity index (χ1v) is 11.3. The van der Waals surface area contributed by atoms with E-state index in [0.717, 1.165) is 29.7 Å². The number of nitrogens with one attached hydrogen (secondary N) is 1. The van der Waals surface area contributed by atoms with E-state index in [1.54, 1.807) is 22.5 Å². The second-order valence-corrected chi connectivity index (χ2v) is 9.56. The highest BCUT2D eigenvalue weighted by molar-refractivity contribution is 7.89. The number of aromatic nitrogens is 2. The molecule has 1 N–H and O–H groups in total. The Morgan fingerprint density at radius 3 is 2.59 bits per heavy atom. The van der Waals surface area contributed by atoms with Crippen LogP contribution >= 0.6 is 0 Å². The van der Waals surface area contributed by atoms with Crippen LogP contribution in [0.2, 0.25) is 0 Å². The Morgan fingerprint density at radius 1 is 1.03 bits per heavy atom. The van der Waals surface area contributed by atoms with E-state index < -0.39 is 10.0 Å². The third kappa shape index (κ3) is 3.36. The minimum Gasteiger partial charge on any atom is -0.486 e. The molecule has 0 aliphatic carbocycles. The van der Waals surface area contributed by atoms with Crippen molar-refractivity contribution in [2.24, 2.45) is 0 Å². The predicted molar refractivity (Wildman–Crippen MR) is 109 cm³/mol. The molecule has 0 spiro atoms. The number of fused-ring (bicyclic) bond motifs is 2. The molecule has 0 saturated carbocycles. The normalized spacial score (nSPS) is 18.2. The van der Waals surface area contributed by atoms with E-state index in [0.29, 0.717) is 37.8 Å². The van der Waals surface area contributed by atoms with Gasteiger partial charge in [-0.1, -0.05) is 6.07 Å². The number of aryl methyl sites for hydroxylation is 1. The van der Waals surface area contributed by atoms with Crippen LogP contribution in [0.25, 0.3) is 11.0 Å². The molecule has 1 saturated heterocycles. The lowest BCUT2D eigenvalue weighted by molar-refractivity contribution is 0.171. The van der Waals surface area contributed by atoms with Crippen LogP contribution in [0, 0.1) is 6.92 Å². The van der Waals surface area contributed by atoms with Crippen molar-refractivity contribution < 1.29 is 17.9 Å². The average Bonchev–Trinajstić information content (AvgIpc) is 3.16. The van der Waals surface area contributed by atoms with E-state index >= 15 is 0 Å². The summed E-state index contributed by atoms with van der Waals surface area (Å²) >= 11 is 0. The lowest BCUT2D eigenvalue weighted by Crippen LogP contribution is -2.38. The maximum Gasteiger partial charge on any atom is 0.243 e. The van der Waals surface area contributed by atoms with Crippen LogP contribution in [0.1, 0.15) is 30.1 Å². The zero-order chi connectivity index (χ0) is 20.0. The molecule has 2 aliphatic rings. The van der Waals surface area contributed by atoms with Crippen molar-refractivity contribution in [3.63, 3.8) is 0 Å². The van der Waals surface area contributed by atoms with E-state index in [9.17, 15) is 8.42 Å². The molecule has 3 aromatic rings. The molecule has 0 unspecified atom stereocenters. The van der Waals surface area contributed by atoms with Crippen LogP contribution in [-0.4, -0.2) is 49.0 Å². The fourth-order valence-corrected chi connectivity index (χ4v) is 5.52. The Bertz CT molecular complexity index is 1160. The maximum atomic E-state index is 13.1. The second kappa shape index (κ2) is 7.03. The van der Waals surface area contributed by atoms with Gasteiger partial charge in [0.25, 0.3) is 0 Å². The van der Waals surface area contributed by atoms with Gasteiger partial charge in [0.1, 0.15) is 19.0 Å². The molecule has 1 fully saturated rings. The Kier molecular flexibility index (Phi) is 4.48. The molecule has 1 aromatic heterocycles. The highest BCUT2D eigenvalue weighted by Gasteiger charge is 2.32. The number of hydrogen-bond donors (Lipinski definition) is 1. The Morgan fingerprint density at radius 2 is 1.79 bits per heavy atom. The Balaban J connectivity index is 1.32. The lowest BCUT2D eigenvalue weighted by Gasteiger charge is -2.30. The molecule has 0 atom stereocenters. The minimum atomic E-state index is -3.56. The summed E-state index contributed by atoms with van der Waals surface area (Å²) in [5.74, 6) is 2.26. The molecule has 2 aromatic carbocycles. The van der Waals surface area contributed by atoms with Crippen molar-refractivity contribution in [2.45, 2.75) is 30.6 Å². The van der Waals surface area contributed by atoms with Gasteiger partial charge in [0.05, 0.1) is 15.9 Å². The predicted octanol–water partition coefficient (Wildman–Crippen LogP) is 3.21. The summed E-state index contributed by atoms with van der Waals surface area (Å²) in [5, 5.41) is 0. The van der Waals surface area contributed by atoms with Crippen LogP contribution in [-0.2, 0) is 10.0 Å². The molecule has 29 heavy (non-hydrogen) atoms. The van der Waals surface area contributed by atoms with Crippen molar-refractivity contribution in [3.05, 3.63) is 47.8 Å². The van der Waals surface area contributed by atoms with Gasteiger partial charge in [0.2, 0.25) is 10.0 Å². The number of ether oxygens (including phenoxy) is 2. The minimum absolute atomic E-state index is 0.231. The summed E-state index contributed by atoms with van der Waals surface area (Å²) in [6.07, 6.45) is 1.48. The number of imidazole rings is 1. The number of nitrogens with zero attached hydrogens (tertiary/aromatic N) is 2. The molecule has 8 heteroatoms. The SMILES string of the molecule is Cc1ccc2nc(C3CCN(S(=O)(=O)c4ccc5c(c4)OCCO5)CC3)[nH]c2c1. The monoisotopic (exact) mass is 413 g/mol. The first kappa shape index (κ1) is 18.4. The molecule has 0 radical (unpaired) electrons. The number of sulfonamides is 1. The van der Waals surface area contributed by atoms with Crippen molar-refractivity contribution in [1.29, 1.82) is 0 Å². The molecule has 3 heterocycles. The highest BCUT2D eigenvalue weighted by Crippen LogP contribution is 2.35. The van der Waals surface area contributed by atoms with E-state index in [1.807, 2.05) is 6.07 Å². The smallest absolute Gasteiger partial charge is 0.243 e. The Hall–Kier alpha value is -2.58. The van der Waals surface area contributed by atoms with Gasteiger partial charge in [-0.25, -0.2) is 13.4 Å². The van der Waals surface area contributed by atoms with E-state index in [-0.39, 0.29) is 10.8 Å². The summed E-state index contributed by atoms with van der Waals surface area (Å²) < 4.78 is 38.8. The van der Waals surface area contributed by atoms with Crippen LogP contribution < -0.4 is 9.47 Å². The van der Waals surface area contributed by atoms with Crippen molar-refractivity contribution in [3.8, 4) is 11.5 Å². The summed E-state index contributed by atoms with van der Waals surface area (Å²) in [5.41, 5.74) is 3.18. The fourth-order valence-electron chi connectivity index (χ4n) is 4.04. The van der Waals surface area contributed by atoms with Crippen LogP contribution in [0.3, 0.4) is 0 Å². The molecular formula is C21H23N3O4S. The molecule has 2 aliphatic heterocycles. The third-order valence-electron chi connectivity index (χ3n) is 5.65. The van der Waals surface area contributed by atoms with E-state index in [4.69, 9.17) is 14.5 Å². The second-order valence-electron chi connectivity index (χ2n) is 7.63. The summed E-state index contributed by atoms with van der Waals surface area (Å²) in [7, 11) is -3.56. The highest BCUT2D eigenvalue weighted by atomic mass is 32.2. The first-order chi connectivity index (χ1) is 14.0. The fraction of sp³-hybridized carbons (Fsp3) is 0.381. The van der Waals surface area contributed by atoms with Gasteiger partial charge in [-0.05, 0) is 49.6 Å². The topological polar surface area (TPSA) is 84.5 Å². The largest absolute Gasteiger partial charge is 0.486 e. The lowest BCUT2D eigenvalue weighted by atomic mass is 9.97. The number of benzene rings is 2. The quantitative estimate of drug-likeness (QED) is 0.713. The summed E-state index contributed by atoms with van der Waals surface area (Å²) in [6.45, 7) is 3.91. The number of piperidine rings is 1. The van der Waals surface area contributed by atoms with Gasteiger partial charge in [-0.3, -0.25) is 0 Å². The third-order valence-corrected chi connectivity index (χ3v) is 7.54. The molecule has 7 nitrogen and oxygen atoms in total. The van der Waals surface area contributed by atoms with Gasteiger partial charge >= 0.3 is 0 Å².